The second-order valence-electron chi connectivity index (χ2n) is 14.9. The van der Waals surface area contributed by atoms with Crippen molar-refractivity contribution in [2.45, 2.75) is 71.1 Å². The van der Waals surface area contributed by atoms with Gasteiger partial charge in [-0.2, -0.15) is 33.7 Å². The highest BCUT2D eigenvalue weighted by molar-refractivity contribution is 7.87. The molecule has 2 saturated carbocycles. The van der Waals surface area contributed by atoms with Gasteiger partial charge in [0.05, 0.1) is 20.3 Å². The normalized spacial score (nSPS) is 29.3. The third-order valence-electron chi connectivity index (χ3n) is 11.7. The zero-order valence-electron chi connectivity index (χ0n) is 28.8. The fourth-order valence-corrected chi connectivity index (χ4v) is 11.8. The number of aromatic amines is 2. The van der Waals surface area contributed by atoms with Crippen molar-refractivity contribution < 1.29 is 51.9 Å². The Hall–Kier alpha value is -4.30. The molecule has 5 aliphatic rings. The minimum Gasteiger partial charge on any atom is -0.349 e. The van der Waals surface area contributed by atoms with Crippen LogP contribution in [0.4, 0.5) is 11.6 Å². The summed E-state index contributed by atoms with van der Waals surface area (Å²) in [6.07, 6.45) is -0.860. The number of H-pyrrole nitrogens is 2. The quantitative estimate of drug-likeness (QED) is 0.136. The number of hydrogen-bond donors (Lipinski definition) is 8. The standard InChI is InChI=1S/C32H34N8O12S4/c41-53(42,43)13-1-5-17-21(9-13)29-35-25(17)33-26-18-6-2-14(54(44,45)46)10-22(18)31(36-26)40-32-24-12-16(56(50,51)52)4-8-20(24)28(38-32)34-27-19-7-3-15(55(47,48)49)11-23(19)30(37-27)39-29/h1,4-5,8-9,12,14-15,18-19,22-23,26,30,33,35,39H,2-3,6-7,10-11H2,(H,41,42,43)(H,44,45,46)(H,47,48,49)(H,50,51,52)(H,34,36,37,38,40). The molecule has 298 valence electrons. The lowest BCUT2D eigenvalue weighted by Gasteiger charge is -2.33. The number of aliphatic imine (C=N–C) groups is 2. The maximum Gasteiger partial charge on any atom is 0.294 e. The topological polar surface area (TPSA) is 323 Å². The Morgan fingerprint density at radius 1 is 0.536 bits per heavy atom. The van der Waals surface area contributed by atoms with E-state index < -0.39 is 90.8 Å². The van der Waals surface area contributed by atoms with E-state index >= 15 is 0 Å². The first-order chi connectivity index (χ1) is 26.2. The molecule has 9 rings (SSSR count). The van der Waals surface area contributed by atoms with Crippen LogP contribution >= 0.6 is 0 Å². The molecule has 5 heterocycles. The molecule has 0 amide bonds. The number of nitrogens with one attached hydrogen (secondary N) is 4. The molecule has 20 nitrogen and oxygen atoms in total. The lowest BCUT2D eigenvalue weighted by atomic mass is 9.78. The fraction of sp³-hybridized carbons (Fsp3) is 0.438. The molecule has 56 heavy (non-hydrogen) atoms. The van der Waals surface area contributed by atoms with Crippen molar-refractivity contribution in [1.82, 2.24) is 9.97 Å². The van der Waals surface area contributed by atoms with Gasteiger partial charge in [0.2, 0.25) is 0 Å². The summed E-state index contributed by atoms with van der Waals surface area (Å²) in [6, 6.07) is 7.78. The van der Waals surface area contributed by atoms with Crippen LogP contribution in [0.15, 0.2) is 66.2 Å². The third kappa shape index (κ3) is 6.40. The Bertz CT molecular complexity index is 3020. The number of anilines is 2. The summed E-state index contributed by atoms with van der Waals surface area (Å²) in [5.74, 6) is -0.874. The van der Waals surface area contributed by atoms with Gasteiger partial charge in [-0.1, -0.05) is 0 Å². The molecule has 0 saturated heterocycles. The van der Waals surface area contributed by atoms with Gasteiger partial charge < -0.3 is 20.6 Å². The number of benzene rings is 2. The lowest BCUT2D eigenvalue weighted by molar-refractivity contribution is 0.285. The van der Waals surface area contributed by atoms with E-state index in [2.05, 4.69) is 20.6 Å². The monoisotopic (exact) mass is 850 g/mol. The highest BCUT2D eigenvalue weighted by Crippen LogP contribution is 2.45. The van der Waals surface area contributed by atoms with Crippen molar-refractivity contribution >= 4 is 85.3 Å². The Labute approximate surface area is 318 Å². The molecule has 8 N–H and O–H groups in total. The second kappa shape index (κ2) is 12.6. The maximum absolute atomic E-state index is 12.4. The van der Waals surface area contributed by atoms with Gasteiger partial charge in [-0.25, -0.2) is 20.0 Å². The van der Waals surface area contributed by atoms with Crippen molar-refractivity contribution in [2.24, 2.45) is 43.6 Å². The van der Waals surface area contributed by atoms with Gasteiger partial charge in [0.15, 0.2) is 0 Å². The van der Waals surface area contributed by atoms with E-state index in [0.29, 0.717) is 28.4 Å². The predicted octanol–water partition coefficient (Wildman–Crippen LogP) is 1.74. The van der Waals surface area contributed by atoms with E-state index in [4.69, 9.17) is 20.0 Å². The molecule has 2 aliphatic carbocycles. The predicted molar refractivity (Wildman–Crippen MR) is 201 cm³/mol. The third-order valence-corrected chi connectivity index (χ3v) is 16.0. The van der Waals surface area contributed by atoms with E-state index in [-0.39, 0.29) is 71.9 Å². The zero-order chi connectivity index (χ0) is 39.7. The Balaban J connectivity index is 1.29. The molecular weight excluding hydrogens is 817 g/mol. The number of amidine groups is 2. The molecule has 3 aliphatic heterocycles. The van der Waals surface area contributed by atoms with Gasteiger partial charge in [0, 0.05) is 45.2 Å². The lowest BCUT2D eigenvalue weighted by Crippen LogP contribution is -2.39. The Morgan fingerprint density at radius 2 is 1.05 bits per heavy atom. The molecule has 2 aromatic carbocycles. The molecule has 4 aromatic rings. The van der Waals surface area contributed by atoms with Crippen LogP contribution in [0.5, 0.6) is 0 Å². The SMILES string of the molecule is O=S(=O)(O)c1ccc2c3[nH]c(c2c1)NC1N=C(N=c2[nH]c(c4cc(S(=O)(=O)O)ccc24)=NC2=NC(N3)C3CCC(S(=O)(=O)O)CC23)C2CCC(S(=O)(=O)O)CC12. The molecular formula is C32H34N8O12S4. The van der Waals surface area contributed by atoms with Crippen molar-refractivity contribution in [2.75, 3.05) is 10.6 Å². The van der Waals surface area contributed by atoms with Crippen LogP contribution < -0.4 is 21.6 Å². The number of rotatable bonds is 4. The molecule has 8 unspecified atom stereocenters. The average molecular weight is 851 g/mol. The molecule has 0 radical (unpaired) electrons. The van der Waals surface area contributed by atoms with Gasteiger partial charge in [0.25, 0.3) is 40.5 Å². The van der Waals surface area contributed by atoms with Crippen molar-refractivity contribution in [1.29, 1.82) is 0 Å². The van der Waals surface area contributed by atoms with E-state index in [1.807, 2.05) is 0 Å². The van der Waals surface area contributed by atoms with Crippen molar-refractivity contribution in [3.63, 3.8) is 0 Å². The second-order valence-corrected chi connectivity index (χ2v) is 21.1. The number of aromatic nitrogens is 2. The molecule has 2 aromatic heterocycles. The van der Waals surface area contributed by atoms with E-state index in [9.17, 15) is 51.9 Å². The molecule has 0 spiro atoms. The summed E-state index contributed by atoms with van der Waals surface area (Å²) in [5.41, 5.74) is 0.284. The Kier molecular flexibility index (Phi) is 8.39. The first-order valence-corrected chi connectivity index (χ1v) is 23.4. The summed E-state index contributed by atoms with van der Waals surface area (Å²) in [5, 5.41) is 5.86. The van der Waals surface area contributed by atoms with Gasteiger partial charge in [-0.15, -0.1) is 0 Å². The molecule has 2 fully saturated rings. The number of hydrogen-bond acceptors (Lipinski definition) is 14. The minimum atomic E-state index is -4.67. The van der Waals surface area contributed by atoms with Crippen LogP contribution in [0, 0.1) is 23.7 Å². The molecule has 8 atom stereocenters. The average Bonchev–Trinajstić information content (AvgIpc) is 3.84. The van der Waals surface area contributed by atoms with Crippen LogP contribution in [0.1, 0.15) is 38.5 Å². The van der Waals surface area contributed by atoms with Crippen LogP contribution in [0.3, 0.4) is 0 Å². The van der Waals surface area contributed by atoms with Crippen LogP contribution in [0.2, 0.25) is 0 Å². The summed E-state index contributed by atoms with van der Waals surface area (Å²) < 4.78 is 138. The maximum atomic E-state index is 12.4. The van der Waals surface area contributed by atoms with E-state index in [1.165, 1.54) is 36.4 Å². The highest BCUT2D eigenvalue weighted by Gasteiger charge is 2.48. The highest BCUT2D eigenvalue weighted by atomic mass is 32.2. The van der Waals surface area contributed by atoms with E-state index in [0.717, 1.165) is 0 Å². The van der Waals surface area contributed by atoms with Gasteiger partial charge in [-0.3, -0.25) is 18.2 Å². The first kappa shape index (κ1) is 37.3. The Morgan fingerprint density at radius 3 is 1.68 bits per heavy atom. The number of nitrogens with zero attached hydrogens (tertiary/aromatic N) is 4. The molecule has 8 bridgehead atoms. The minimum absolute atomic E-state index is 0.000374. The van der Waals surface area contributed by atoms with Gasteiger partial charge in [-0.05, 0) is 74.9 Å². The zero-order valence-corrected chi connectivity index (χ0v) is 32.1. The van der Waals surface area contributed by atoms with Crippen LogP contribution in [-0.2, 0) is 40.5 Å². The summed E-state index contributed by atoms with van der Waals surface area (Å²) in [4.78, 5) is 25.0. The smallest absolute Gasteiger partial charge is 0.294 e. The molecule has 24 heteroatoms. The van der Waals surface area contributed by atoms with E-state index in [1.54, 1.807) is 0 Å². The van der Waals surface area contributed by atoms with Crippen molar-refractivity contribution in [3.8, 4) is 0 Å². The largest absolute Gasteiger partial charge is 0.349 e. The fourth-order valence-electron chi connectivity index (χ4n) is 9.01. The number of fused-ring (bicyclic) bond motifs is 18. The van der Waals surface area contributed by atoms with Gasteiger partial charge in [0.1, 0.15) is 46.6 Å². The summed E-state index contributed by atoms with van der Waals surface area (Å²) in [6.45, 7) is 0. The van der Waals surface area contributed by atoms with Gasteiger partial charge >= 0.3 is 0 Å². The van der Waals surface area contributed by atoms with Crippen LogP contribution in [-0.4, -0.2) is 96.4 Å². The summed E-state index contributed by atoms with van der Waals surface area (Å²) >= 11 is 0. The first-order valence-electron chi connectivity index (χ1n) is 17.5. The summed E-state index contributed by atoms with van der Waals surface area (Å²) in [7, 11) is -18.2. The van der Waals surface area contributed by atoms with Crippen molar-refractivity contribution in [3.05, 3.63) is 47.4 Å². The van der Waals surface area contributed by atoms with Crippen LogP contribution in [0.25, 0.3) is 21.5 Å².